The zero-order chi connectivity index (χ0) is 29.4. The van der Waals surface area contributed by atoms with Crippen molar-refractivity contribution >= 4 is 56.8 Å². The van der Waals surface area contributed by atoms with Crippen LogP contribution in [0, 0.1) is 0 Å². The average Bonchev–Trinajstić information content (AvgIpc) is 3.63. The Kier molecular flexibility index (Phi) is 10.2. The molecule has 2 aromatic carbocycles. The van der Waals surface area contributed by atoms with Crippen LogP contribution in [-0.2, 0) is 24.4 Å². The minimum atomic E-state index is -4.37. The molecule has 2 heterocycles. The highest BCUT2D eigenvalue weighted by Crippen LogP contribution is 2.36. The molecule has 0 saturated heterocycles. The van der Waals surface area contributed by atoms with E-state index in [-0.39, 0.29) is 33.2 Å². The number of carboxylic acid groups (broad SMARTS) is 1. The molecule has 1 aliphatic heterocycles. The van der Waals surface area contributed by atoms with Crippen LogP contribution in [0.4, 0.5) is 5.95 Å². The van der Waals surface area contributed by atoms with E-state index in [1.54, 1.807) is 36.7 Å². The summed E-state index contributed by atoms with van der Waals surface area (Å²) in [5.74, 6) is -1.44. The molecule has 1 aromatic heterocycles. The number of carbonyl (C=O) groups is 2. The Morgan fingerprint density at radius 1 is 1.15 bits per heavy atom. The van der Waals surface area contributed by atoms with Gasteiger partial charge in [0, 0.05) is 37.5 Å². The zero-order valence-electron chi connectivity index (χ0n) is 21.6. The topological polar surface area (TPSA) is 175 Å². The second-order valence-electron chi connectivity index (χ2n) is 9.18. The minimum absolute atomic E-state index is 0.0758. The fourth-order valence-corrected chi connectivity index (χ4v) is 6.18. The van der Waals surface area contributed by atoms with Crippen molar-refractivity contribution in [1.82, 2.24) is 20.0 Å². The Hall–Kier alpha value is -3.65. The summed E-state index contributed by atoms with van der Waals surface area (Å²) < 4.78 is 28.1. The summed E-state index contributed by atoms with van der Waals surface area (Å²) in [6, 6.07) is 9.63. The normalized spacial score (nSPS) is 15.6. The van der Waals surface area contributed by atoms with E-state index < -0.39 is 34.5 Å². The van der Waals surface area contributed by atoms with Crippen molar-refractivity contribution in [2.75, 3.05) is 18.4 Å². The standard InChI is InChI=1S/C26H28Cl2N6O6S/c27-19-13-18(14-20(28)23(19)16-6-2-1-3-7-16)41(38,39)34-22(25(36)37)15-32-24(35)21-12-17(40-33-21)8-4-5-9-29-26-30-10-11-31-26/h1-3,6-7,10-11,13-14,17,22,34H,4-5,8-9,12,15H2,(H,32,35)(H,36,37)(H2,29,30,31)/t17?,22-/m0/s1. The number of halogens is 2. The Morgan fingerprint density at radius 2 is 1.88 bits per heavy atom. The van der Waals surface area contributed by atoms with E-state index in [1.165, 1.54) is 12.1 Å². The van der Waals surface area contributed by atoms with E-state index in [1.807, 2.05) is 6.07 Å². The zero-order valence-corrected chi connectivity index (χ0v) is 24.0. The number of nitrogens with zero attached hydrogens (tertiary/aromatic N) is 2. The molecule has 0 bridgehead atoms. The van der Waals surface area contributed by atoms with Gasteiger partial charge in [0.2, 0.25) is 10.0 Å². The van der Waals surface area contributed by atoms with Gasteiger partial charge in [-0.25, -0.2) is 13.4 Å². The van der Waals surface area contributed by atoms with Crippen molar-refractivity contribution < 1.29 is 28.0 Å². The maximum Gasteiger partial charge on any atom is 0.323 e. The van der Waals surface area contributed by atoms with Crippen LogP contribution in [0.1, 0.15) is 25.7 Å². The number of rotatable bonds is 14. The molecule has 5 N–H and O–H groups in total. The highest BCUT2D eigenvalue weighted by Gasteiger charge is 2.30. The molecule has 1 amide bonds. The average molecular weight is 624 g/mol. The summed E-state index contributed by atoms with van der Waals surface area (Å²) in [5.41, 5.74) is 1.23. The van der Waals surface area contributed by atoms with E-state index in [2.05, 4.69) is 30.5 Å². The highest BCUT2D eigenvalue weighted by molar-refractivity contribution is 7.89. The number of aromatic nitrogens is 2. The predicted molar refractivity (Wildman–Crippen MR) is 155 cm³/mol. The lowest BCUT2D eigenvalue weighted by atomic mass is 10.1. The number of nitrogens with one attached hydrogen (secondary N) is 4. The van der Waals surface area contributed by atoms with Gasteiger partial charge in [-0.2, -0.15) is 4.72 Å². The summed E-state index contributed by atoms with van der Waals surface area (Å²) in [6.45, 7) is 0.190. The van der Waals surface area contributed by atoms with Crippen LogP contribution in [0.25, 0.3) is 11.1 Å². The van der Waals surface area contributed by atoms with Gasteiger partial charge in [0.1, 0.15) is 17.9 Å². The van der Waals surface area contributed by atoms with Gasteiger partial charge in [-0.15, -0.1) is 0 Å². The molecule has 15 heteroatoms. The summed E-state index contributed by atoms with van der Waals surface area (Å²) >= 11 is 12.7. The van der Waals surface area contributed by atoms with Crippen LogP contribution in [0.2, 0.25) is 10.0 Å². The number of hydrogen-bond donors (Lipinski definition) is 5. The first-order valence-electron chi connectivity index (χ1n) is 12.7. The molecule has 1 aliphatic rings. The number of H-pyrrole nitrogens is 1. The third kappa shape index (κ3) is 8.19. The molecule has 3 aromatic rings. The minimum Gasteiger partial charge on any atom is -0.480 e. The summed E-state index contributed by atoms with van der Waals surface area (Å²) in [4.78, 5) is 36.4. The van der Waals surface area contributed by atoms with Crippen molar-refractivity contribution in [3.8, 4) is 11.1 Å². The molecule has 0 fully saturated rings. The Bertz CT molecular complexity index is 1480. The number of hydrogen-bond acceptors (Lipinski definition) is 8. The van der Waals surface area contributed by atoms with E-state index in [0.29, 0.717) is 23.5 Å². The molecule has 0 radical (unpaired) electrons. The molecule has 2 atom stereocenters. The van der Waals surface area contributed by atoms with Crippen molar-refractivity contribution in [2.45, 2.75) is 42.7 Å². The van der Waals surface area contributed by atoms with Crippen molar-refractivity contribution in [3.05, 3.63) is 64.9 Å². The van der Waals surface area contributed by atoms with Gasteiger partial charge in [-0.1, -0.05) is 58.7 Å². The smallest absolute Gasteiger partial charge is 0.323 e. The van der Waals surface area contributed by atoms with E-state index >= 15 is 0 Å². The maximum absolute atomic E-state index is 13.0. The summed E-state index contributed by atoms with van der Waals surface area (Å²) in [5, 5.41) is 19.1. The molecule has 4 rings (SSSR count). The number of aliphatic carboxylic acids is 1. The quantitative estimate of drug-likeness (QED) is 0.169. The second kappa shape index (κ2) is 13.8. The maximum atomic E-state index is 13.0. The molecule has 41 heavy (non-hydrogen) atoms. The van der Waals surface area contributed by atoms with Crippen molar-refractivity contribution in [3.63, 3.8) is 0 Å². The molecule has 0 spiro atoms. The van der Waals surface area contributed by atoms with Crippen LogP contribution >= 0.6 is 23.2 Å². The third-order valence-corrected chi connectivity index (χ3v) is 8.24. The molecule has 1 unspecified atom stereocenters. The van der Waals surface area contributed by atoms with Crippen LogP contribution < -0.4 is 15.4 Å². The van der Waals surface area contributed by atoms with Crippen LogP contribution in [0.15, 0.2) is 64.9 Å². The van der Waals surface area contributed by atoms with Crippen LogP contribution in [0.5, 0.6) is 0 Å². The van der Waals surface area contributed by atoms with Gasteiger partial charge in [-0.05, 0) is 37.0 Å². The highest BCUT2D eigenvalue weighted by atomic mass is 35.5. The van der Waals surface area contributed by atoms with Gasteiger partial charge >= 0.3 is 5.97 Å². The summed E-state index contributed by atoms with van der Waals surface area (Å²) in [7, 11) is -4.37. The van der Waals surface area contributed by atoms with Crippen LogP contribution in [-0.4, -0.2) is 66.3 Å². The lowest BCUT2D eigenvalue weighted by molar-refractivity contribution is -0.138. The van der Waals surface area contributed by atoms with E-state index in [9.17, 15) is 23.1 Å². The number of sulfonamides is 1. The number of anilines is 1. The Labute approximate surface area is 246 Å². The lowest BCUT2D eigenvalue weighted by Gasteiger charge is -2.17. The van der Waals surface area contributed by atoms with Crippen molar-refractivity contribution in [1.29, 1.82) is 0 Å². The molecule has 12 nitrogen and oxygen atoms in total. The first kappa shape index (κ1) is 30.3. The summed E-state index contributed by atoms with van der Waals surface area (Å²) in [6.07, 6.45) is 5.71. The number of oxime groups is 1. The number of benzene rings is 2. The number of aromatic amines is 1. The second-order valence-corrected chi connectivity index (χ2v) is 11.7. The number of imidazole rings is 1. The van der Waals surface area contributed by atoms with Gasteiger partial charge in [0.25, 0.3) is 5.91 Å². The molecule has 0 aliphatic carbocycles. The Morgan fingerprint density at radius 3 is 2.54 bits per heavy atom. The largest absolute Gasteiger partial charge is 0.480 e. The van der Waals surface area contributed by atoms with Crippen LogP contribution in [0.3, 0.4) is 0 Å². The fourth-order valence-electron chi connectivity index (χ4n) is 4.10. The lowest BCUT2D eigenvalue weighted by Crippen LogP contribution is -2.49. The van der Waals surface area contributed by atoms with E-state index in [4.69, 9.17) is 28.0 Å². The number of carbonyl (C=O) groups excluding carboxylic acids is 1. The first-order chi connectivity index (χ1) is 19.6. The SMILES string of the molecule is O=C(NC[C@H](NS(=O)(=O)c1cc(Cl)c(-c2ccccc2)c(Cl)c1)C(=O)O)C1=NOC(CCCCNc2ncc[nH]2)C1. The van der Waals surface area contributed by atoms with Crippen molar-refractivity contribution in [2.24, 2.45) is 5.16 Å². The van der Waals surface area contributed by atoms with E-state index in [0.717, 1.165) is 19.4 Å². The monoisotopic (exact) mass is 622 g/mol. The molecule has 218 valence electrons. The van der Waals surface area contributed by atoms with Gasteiger partial charge in [-0.3, -0.25) is 9.59 Å². The first-order valence-corrected chi connectivity index (χ1v) is 14.9. The molecular weight excluding hydrogens is 595 g/mol. The number of amides is 1. The molecular formula is C26H28Cl2N6O6S. The third-order valence-electron chi connectivity index (χ3n) is 6.19. The van der Waals surface area contributed by atoms with Gasteiger partial charge in [0.05, 0.1) is 14.9 Å². The number of unbranched alkanes of at least 4 members (excludes halogenated alkanes) is 1. The van der Waals surface area contributed by atoms with Gasteiger partial charge in [0.15, 0.2) is 5.95 Å². The molecule has 0 saturated carbocycles. The Balaban J connectivity index is 1.28. The predicted octanol–water partition coefficient (Wildman–Crippen LogP) is 3.66. The van der Waals surface area contributed by atoms with Gasteiger partial charge < -0.3 is 25.6 Å². The fraction of sp³-hybridized carbons (Fsp3) is 0.308. The number of carboxylic acids is 1.